The maximum atomic E-state index is 13.4. The molecule has 1 aliphatic heterocycles. The van der Waals surface area contributed by atoms with Crippen molar-refractivity contribution in [1.29, 1.82) is 0 Å². The van der Waals surface area contributed by atoms with E-state index in [9.17, 15) is 4.39 Å². The Morgan fingerprint density at radius 1 is 1.22 bits per heavy atom. The molecule has 1 atom stereocenters. The highest BCUT2D eigenvalue weighted by molar-refractivity contribution is 6.30. The van der Waals surface area contributed by atoms with E-state index in [0.29, 0.717) is 0 Å². The van der Waals surface area contributed by atoms with Crippen LogP contribution in [0.3, 0.4) is 0 Å². The van der Waals surface area contributed by atoms with E-state index >= 15 is 0 Å². The van der Waals surface area contributed by atoms with Gasteiger partial charge in [-0.05, 0) is 61.0 Å². The van der Waals surface area contributed by atoms with Gasteiger partial charge in [-0.3, -0.25) is 0 Å². The lowest BCUT2D eigenvalue weighted by Gasteiger charge is -2.19. The Hall–Kier alpha value is -1.29. The number of methoxy groups -OCH3 is 1. The molecule has 0 aromatic heterocycles. The molecule has 2 nitrogen and oxygen atoms in total. The quantitative estimate of drug-likeness (QED) is 0.761. The van der Waals surface area contributed by atoms with Gasteiger partial charge in [0.2, 0.25) is 0 Å². The van der Waals surface area contributed by atoms with Crippen LogP contribution in [0.25, 0.3) is 0 Å². The number of fused-ring (bicyclic) bond motifs is 1. The zero-order valence-corrected chi connectivity index (χ0v) is 14.8. The molecule has 0 saturated heterocycles. The molecule has 0 bridgehead atoms. The Balaban J connectivity index is 0.00000192. The summed E-state index contributed by atoms with van der Waals surface area (Å²) < 4.78 is 18.8. The predicted molar refractivity (Wildman–Crippen MR) is 94.4 cm³/mol. The molecular formula is C18H20Cl2FNO. The van der Waals surface area contributed by atoms with Gasteiger partial charge in [0.25, 0.3) is 0 Å². The molecule has 0 N–H and O–H groups in total. The zero-order chi connectivity index (χ0) is 15.7. The molecule has 1 aliphatic rings. The van der Waals surface area contributed by atoms with Crippen molar-refractivity contribution in [2.24, 2.45) is 0 Å². The first-order chi connectivity index (χ1) is 10.6. The van der Waals surface area contributed by atoms with E-state index in [2.05, 4.69) is 24.1 Å². The highest BCUT2D eigenvalue weighted by atomic mass is 35.5. The average Bonchev–Trinajstić information content (AvgIpc) is 2.67. The van der Waals surface area contributed by atoms with Gasteiger partial charge in [-0.1, -0.05) is 23.7 Å². The molecule has 23 heavy (non-hydrogen) atoms. The minimum atomic E-state index is -0.369. The first-order valence-corrected chi connectivity index (χ1v) is 7.76. The summed E-state index contributed by atoms with van der Waals surface area (Å²) in [6.07, 6.45) is 0.984. The van der Waals surface area contributed by atoms with E-state index in [0.717, 1.165) is 30.8 Å². The molecule has 0 fully saturated rings. The van der Waals surface area contributed by atoms with E-state index in [-0.39, 0.29) is 29.2 Å². The SMILES string of the molecule is COc1ccc2c(c1)CN(C)CCC2c1ccc(F)c(Cl)c1.Cl. The lowest BCUT2D eigenvalue weighted by molar-refractivity contribution is 0.327. The minimum Gasteiger partial charge on any atom is -0.497 e. The monoisotopic (exact) mass is 355 g/mol. The van der Waals surface area contributed by atoms with Crippen LogP contribution in [0.5, 0.6) is 5.75 Å². The Labute approximate surface area is 147 Å². The average molecular weight is 356 g/mol. The van der Waals surface area contributed by atoms with Crippen LogP contribution in [0.15, 0.2) is 36.4 Å². The molecule has 0 amide bonds. The van der Waals surface area contributed by atoms with Crippen LogP contribution in [0.1, 0.15) is 29.0 Å². The molecule has 2 aromatic rings. The van der Waals surface area contributed by atoms with Crippen LogP contribution in [0.2, 0.25) is 5.02 Å². The van der Waals surface area contributed by atoms with Crippen molar-refractivity contribution in [3.63, 3.8) is 0 Å². The first kappa shape index (κ1) is 18.1. The molecule has 3 rings (SSSR count). The third-order valence-corrected chi connectivity index (χ3v) is 4.60. The number of ether oxygens (including phenoxy) is 1. The maximum Gasteiger partial charge on any atom is 0.141 e. The van der Waals surface area contributed by atoms with E-state index < -0.39 is 0 Å². The number of hydrogen-bond acceptors (Lipinski definition) is 2. The largest absolute Gasteiger partial charge is 0.497 e. The van der Waals surface area contributed by atoms with E-state index in [1.54, 1.807) is 13.2 Å². The molecule has 0 aliphatic carbocycles. The second-order valence-electron chi connectivity index (χ2n) is 5.82. The number of rotatable bonds is 2. The highest BCUT2D eigenvalue weighted by Crippen LogP contribution is 2.36. The number of nitrogens with zero attached hydrogens (tertiary/aromatic N) is 1. The van der Waals surface area contributed by atoms with Crippen molar-refractivity contribution >= 4 is 24.0 Å². The zero-order valence-electron chi connectivity index (χ0n) is 13.2. The highest BCUT2D eigenvalue weighted by Gasteiger charge is 2.23. The van der Waals surface area contributed by atoms with Gasteiger partial charge in [0.05, 0.1) is 12.1 Å². The lowest BCUT2D eigenvalue weighted by atomic mass is 9.86. The van der Waals surface area contributed by atoms with Crippen LogP contribution >= 0.6 is 24.0 Å². The summed E-state index contributed by atoms with van der Waals surface area (Å²) in [4.78, 5) is 2.30. The summed E-state index contributed by atoms with van der Waals surface area (Å²) >= 11 is 5.97. The smallest absolute Gasteiger partial charge is 0.141 e. The third kappa shape index (κ3) is 3.79. The number of benzene rings is 2. The fourth-order valence-corrected chi connectivity index (χ4v) is 3.33. The van der Waals surface area contributed by atoms with Gasteiger partial charge >= 0.3 is 0 Å². The van der Waals surface area contributed by atoms with Crippen molar-refractivity contribution in [2.45, 2.75) is 18.9 Å². The van der Waals surface area contributed by atoms with Gasteiger partial charge in [-0.2, -0.15) is 0 Å². The van der Waals surface area contributed by atoms with Gasteiger partial charge in [-0.25, -0.2) is 4.39 Å². The molecular weight excluding hydrogens is 336 g/mol. The molecule has 2 aromatic carbocycles. The summed E-state index contributed by atoms with van der Waals surface area (Å²) in [5.41, 5.74) is 3.59. The van der Waals surface area contributed by atoms with Gasteiger partial charge in [0, 0.05) is 12.5 Å². The van der Waals surface area contributed by atoms with Gasteiger partial charge in [0.1, 0.15) is 11.6 Å². The third-order valence-electron chi connectivity index (χ3n) is 4.31. The topological polar surface area (TPSA) is 12.5 Å². The first-order valence-electron chi connectivity index (χ1n) is 7.39. The van der Waals surface area contributed by atoms with Crippen LogP contribution in [-0.4, -0.2) is 25.6 Å². The summed E-state index contributed by atoms with van der Waals surface area (Å²) in [5.74, 6) is 0.722. The molecule has 5 heteroatoms. The van der Waals surface area contributed by atoms with Crippen LogP contribution < -0.4 is 4.74 Å². The van der Waals surface area contributed by atoms with Gasteiger partial charge in [0.15, 0.2) is 0 Å². The number of halogens is 3. The van der Waals surface area contributed by atoms with Gasteiger partial charge in [-0.15, -0.1) is 12.4 Å². The van der Waals surface area contributed by atoms with Crippen molar-refractivity contribution in [3.05, 3.63) is 63.9 Å². The van der Waals surface area contributed by atoms with Crippen molar-refractivity contribution in [1.82, 2.24) is 4.90 Å². The van der Waals surface area contributed by atoms with Crippen LogP contribution in [0, 0.1) is 5.82 Å². The standard InChI is InChI=1S/C18H19ClFNO.ClH/c1-21-8-7-16(12-3-6-18(20)17(19)10-12)15-5-4-14(22-2)9-13(15)11-21;/h3-6,9-10,16H,7-8,11H2,1-2H3;1H. The normalized spacial score (nSPS) is 17.8. The Kier molecular flexibility index (Phi) is 5.90. The molecule has 124 valence electrons. The molecule has 1 unspecified atom stereocenters. The van der Waals surface area contributed by atoms with Crippen LogP contribution in [-0.2, 0) is 6.54 Å². The van der Waals surface area contributed by atoms with Gasteiger partial charge < -0.3 is 9.64 Å². The van der Waals surface area contributed by atoms with Crippen molar-refractivity contribution in [3.8, 4) is 5.75 Å². The summed E-state index contributed by atoms with van der Waals surface area (Å²) in [6.45, 7) is 1.87. The summed E-state index contributed by atoms with van der Waals surface area (Å²) in [7, 11) is 3.79. The van der Waals surface area contributed by atoms with E-state index in [1.807, 2.05) is 12.1 Å². The minimum absolute atomic E-state index is 0. The van der Waals surface area contributed by atoms with Crippen molar-refractivity contribution < 1.29 is 9.13 Å². The lowest BCUT2D eigenvalue weighted by Crippen LogP contribution is -2.17. The Morgan fingerprint density at radius 2 is 2.00 bits per heavy atom. The van der Waals surface area contributed by atoms with Crippen LogP contribution in [0.4, 0.5) is 4.39 Å². The molecule has 0 saturated carbocycles. The predicted octanol–water partition coefficient (Wildman–Crippen LogP) is 4.88. The van der Waals surface area contributed by atoms with E-state index in [1.165, 1.54) is 17.2 Å². The van der Waals surface area contributed by atoms with Crippen molar-refractivity contribution in [2.75, 3.05) is 20.7 Å². The van der Waals surface area contributed by atoms with E-state index in [4.69, 9.17) is 16.3 Å². The summed E-state index contributed by atoms with van der Waals surface area (Å²) in [5, 5.41) is 0.185. The summed E-state index contributed by atoms with van der Waals surface area (Å²) in [6, 6.07) is 11.2. The Bertz CT molecular complexity index is 693. The maximum absolute atomic E-state index is 13.4. The second-order valence-corrected chi connectivity index (χ2v) is 6.22. The molecule has 0 spiro atoms. The number of hydrogen-bond donors (Lipinski definition) is 0. The second kappa shape index (κ2) is 7.52. The molecule has 0 radical (unpaired) electrons. The fourth-order valence-electron chi connectivity index (χ4n) is 3.14. The Morgan fingerprint density at radius 3 is 2.70 bits per heavy atom. The fraction of sp³-hybridized carbons (Fsp3) is 0.333. The molecule has 1 heterocycles.